The maximum absolute atomic E-state index is 12.2. The summed E-state index contributed by atoms with van der Waals surface area (Å²) < 4.78 is 27.6. The highest BCUT2D eigenvalue weighted by Gasteiger charge is 2.24. The minimum Gasteiger partial charge on any atom is -0.231 e. The van der Waals surface area contributed by atoms with Crippen LogP contribution in [0.2, 0.25) is 4.34 Å². The molecule has 0 saturated heterocycles. The van der Waals surface area contributed by atoms with Gasteiger partial charge in [-0.05, 0) is 22.6 Å². The molecule has 0 saturated carbocycles. The zero-order valence-electron chi connectivity index (χ0n) is 9.61. The second kappa shape index (κ2) is 4.92. The first kappa shape index (κ1) is 13.4. The smallest absolute Gasteiger partial charge is 0.231 e. The minimum atomic E-state index is -3.55. The van der Waals surface area contributed by atoms with Crippen LogP contribution in [0.15, 0.2) is 16.3 Å². The van der Waals surface area contributed by atoms with Crippen molar-refractivity contribution in [1.29, 1.82) is 0 Å². The molecule has 0 N–H and O–H groups in total. The molecule has 18 heavy (non-hydrogen) atoms. The van der Waals surface area contributed by atoms with Gasteiger partial charge in [-0.1, -0.05) is 11.6 Å². The van der Waals surface area contributed by atoms with Gasteiger partial charge in [-0.15, -0.1) is 16.4 Å². The van der Waals surface area contributed by atoms with E-state index in [9.17, 15) is 8.42 Å². The Kier molecular flexibility index (Phi) is 3.66. The van der Waals surface area contributed by atoms with E-state index in [0.717, 1.165) is 11.3 Å². The van der Waals surface area contributed by atoms with Crippen molar-refractivity contribution < 1.29 is 8.42 Å². The standard InChI is InChI=1S/C8H10ClN5O2S2/c1-13(5-7-10-11-12-14(7)2)18(15,16)8-4-3-6(9)17-8/h3-4H,5H2,1-2H3. The molecule has 10 heteroatoms. The third kappa shape index (κ3) is 2.53. The Morgan fingerprint density at radius 2 is 2.22 bits per heavy atom. The first-order chi connectivity index (χ1) is 8.41. The molecule has 0 aliphatic carbocycles. The summed E-state index contributed by atoms with van der Waals surface area (Å²) in [5.74, 6) is 0.462. The van der Waals surface area contributed by atoms with Crippen molar-refractivity contribution in [3.05, 3.63) is 22.3 Å². The summed E-state index contributed by atoms with van der Waals surface area (Å²) in [5, 5.41) is 10.8. The van der Waals surface area contributed by atoms with Crippen molar-refractivity contribution in [2.75, 3.05) is 7.05 Å². The number of hydrogen-bond acceptors (Lipinski definition) is 6. The van der Waals surface area contributed by atoms with Gasteiger partial charge in [0.15, 0.2) is 5.82 Å². The highest BCUT2D eigenvalue weighted by molar-refractivity contribution is 7.91. The van der Waals surface area contributed by atoms with Crippen LogP contribution in [0, 0.1) is 0 Å². The average Bonchev–Trinajstić information content (AvgIpc) is 2.89. The Morgan fingerprint density at radius 1 is 1.50 bits per heavy atom. The fourth-order valence-corrected chi connectivity index (χ4v) is 4.07. The molecular formula is C8H10ClN5O2S2. The lowest BCUT2D eigenvalue weighted by atomic mass is 10.6. The second-order valence-corrected chi connectivity index (χ2v) is 7.53. The largest absolute Gasteiger partial charge is 0.252 e. The molecule has 7 nitrogen and oxygen atoms in total. The summed E-state index contributed by atoms with van der Waals surface area (Å²) in [4.78, 5) is 0. The number of aryl methyl sites for hydroxylation is 1. The van der Waals surface area contributed by atoms with E-state index in [1.807, 2.05) is 0 Å². The molecule has 2 heterocycles. The van der Waals surface area contributed by atoms with Crippen LogP contribution < -0.4 is 0 Å². The Hall–Kier alpha value is -1.03. The van der Waals surface area contributed by atoms with E-state index in [-0.39, 0.29) is 10.8 Å². The van der Waals surface area contributed by atoms with E-state index in [1.165, 1.54) is 22.1 Å². The van der Waals surface area contributed by atoms with Crippen LogP contribution in [0.3, 0.4) is 0 Å². The maximum atomic E-state index is 12.2. The van der Waals surface area contributed by atoms with E-state index in [4.69, 9.17) is 11.6 Å². The molecule has 0 radical (unpaired) electrons. The van der Waals surface area contributed by atoms with Gasteiger partial charge in [-0.25, -0.2) is 13.1 Å². The lowest BCUT2D eigenvalue weighted by Gasteiger charge is -2.14. The van der Waals surface area contributed by atoms with Crippen LogP contribution >= 0.6 is 22.9 Å². The van der Waals surface area contributed by atoms with Crippen LogP contribution in [-0.4, -0.2) is 40.0 Å². The van der Waals surface area contributed by atoms with Crippen molar-refractivity contribution in [2.24, 2.45) is 7.05 Å². The SMILES string of the molecule is CN(Cc1nnnn1C)S(=O)(=O)c1ccc(Cl)s1. The highest BCUT2D eigenvalue weighted by atomic mass is 35.5. The zero-order valence-corrected chi connectivity index (χ0v) is 12.0. The van der Waals surface area contributed by atoms with Gasteiger partial charge in [0.25, 0.3) is 10.0 Å². The van der Waals surface area contributed by atoms with Gasteiger partial charge in [0, 0.05) is 14.1 Å². The van der Waals surface area contributed by atoms with Crippen LogP contribution in [-0.2, 0) is 23.6 Å². The number of halogens is 1. The van der Waals surface area contributed by atoms with Crippen molar-refractivity contribution in [3.8, 4) is 0 Å². The van der Waals surface area contributed by atoms with E-state index in [0.29, 0.717) is 10.2 Å². The first-order valence-corrected chi connectivity index (χ1v) is 7.47. The third-order valence-corrected chi connectivity index (χ3v) is 5.79. The zero-order chi connectivity index (χ0) is 13.3. The first-order valence-electron chi connectivity index (χ1n) is 4.84. The fourth-order valence-electron chi connectivity index (χ4n) is 1.26. The minimum absolute atomic E-state index is 0.0986. The molecule has 0 fully saturated rings. The monoisotopic (exact) mass is 307 g/mol. The number of thiophene rings is 1. The van der Waals surface area contributed by atoms with Crippen LogP contribution in [0.5, 0.6) is 0 Å². The molecule has 0 amide bonds. The number of nitrogens with zero attached hydrogens (tertiary/aromatic N) is 5. The summed E-state index contributed by atoms with van der Waals surface area (Å²) in [6, 6.07) is 3.03. The van der Waals surface area contributed by atoms with Gasteiger partial charge < -0.3 is 0 Å². The van der Waals surface area contributed by atoms with Crippen LogP contribution in [0.1, 0.15) is 5.82 Å². The Labute approximate surface area is 113 Å². The molecule has 2 aromatic rings. The summed E-state index contributed by atoms with van der Waals surface area (Å²) in [6.07, 6.45) is 0. The molecule has 2 aromatic heterocycles. The van der Waals surface area contributed by atoms with Crippen molar-refractivity contribution in [1.82, 2.24) is 24.5 Å². The average molecular weight is 308 g/mol. The van der Waals surface area contributed by atoms with Crippen molar-refractivity contribution in [2.45, 2.75) is 10.8 Å². The molecule has 0 aliphatic rings. The number of aromatic nitrogens is 4. The molecule has 0 bridgehead atoms. The van der Waals surface area contributed by atoms with Crippen molar-refractivity contribution in [3.63, 3.8) is 0 Å². The molecular weight excluding hydrogens is 298 g/mol. The van der Waals surface area contributed by atoms with Gasteiger partial charge in [0.1, 0.15) is 4.21 Å². The van der Waals surface area contributed by atoms with Gasteiger partial charge in [0.2, 0.25) is 0 Å². The van der Waals surface area contributed by atoms with Gasteiger partial charge in [-0.3, -0.25) is 0 Å². The molecule has 0 spiro atoms. The van der Waals surface area contributed by atoms with Crippen LogP contribution in [0.4, 0.5) is 0 Å². The maximum Gasteiger partial charge on any atom is 0.252 e. The van der Waals surface area contributed by atoms with E-state index < -0.39 is 10.0 Å². The second-order valence-electron chi connectivity index (χ2n) is 3.54. The molecule has 0 unspecified atom stereocenters. The fraction of sp³-hybridized carbons (Fsp3) is 0.375. The van der Waals surface area contributed by atoms with Crippen LogP contribution in [0.25, 0.3) is 0 Å². The molecule has 0 aromatic carbocycles. The van der Waals surface area contributed by atoms with E-state index in [1.54, 1.807) is 13.1 Å². The predicted octanol–water partition coefficient (Wildman–Crippen LogP) is 0.746. The Balaban J connectivity index is 2.23. The predicted molar refractivity (Wildman–Crippen MR) is 66.8 cm³/mol. The van der Waals surface area contributed by atoms with E-state index >= 15 is 0 Å². The summed E-state index contributed by atoms with van der Waals surface area (Å²) in [7, 11) is -0.432. The summed E-state index contributed by atoms with van der Waals surface area (Å²) in [5.41, 5.74) is 0. The Bertz CT molecular complexity index is 650. The quantitative estimate of drug-likeness (QED) is 0.832. The number of rotatable bonds is 4. The summed E-state index contributed by atoms with van der Waals surface area (Å²) >= 11 is 6.76. The highest BCUT2D eigenvalue weighted by Crippen LogP contribution is 2.27. The normalized spacial score (nSPS) is 12.2. The number of tetrazole rings is 1. The molecule has 0 aliphatic heterocycles. The van der Waals surface area contributed by atoms with Gasteiger partial charge in [-0.2, -0.15) is 4.31 Å². The Morgan fingerprint density at radius 3 is 2.72 bits per heavy atom. The molecule has 0 atom stereocenters. The number of sulfonamides is 1. The molecule has 2 rings (SSSR count). The lowest BCUT2D eigenvalue weighted by molar-refractivity contribution is 0.449. The van der Waals surface area contributed by atoms with Crippen molar-refractivity contribution >= 4 is 33.0 Å². The van der Waals surface area contributed by atoms with Gasteiger partial charge in [0.05, 0.1) is 10.9 Å². The van der Waals surface area contributed by atoms with E-state index in [2.05, 4.69) is 15.5 Å². The summed E-state index contributed by atoms with van der Waals surface area (Å²) in [6.45, 7) is 0.0986. The molecule has 98 valence electrons. The topological polar surface area (TPSA) is 81.0 Å². The van der Waals surface area contributed by atoms with Gasteiger partial charge >= 0.3 is 0 Å². The lowest BCUT2D eigenvalue weighted by Crippen LogP contribution is -2.27. The third-order valence-electron chi connectivity index (χ3n) is 2.29. The number of hydrogen-bond donors (Lipinski definition) is 0.